The Morgan fingerprint density at radius 2 is 2.05 bits per heavy atom. The molecule has 0 bridgehead atoms. The van der Waals surface area contributed by atoms with E-state index in [0.717, 1.165) is 17.0 Å². The van der Waals surface area contributed by atoms with Gasteiger partial charge >= 0.3 is 0 Å². The van der Waals surface area contributed by atoms with Crippen molar-refractivity contribution in [1.82, 2.24) is 14.9 Å². The van der Waals surface area contributed by atoms with Crippen molar-refractivity contribution < 1.29 is 5.11 Å². The first kappa shape index (κ1) is 16.6. The van der Waals surface area contributed by atoms with Gasteiger partial charge in [-0.1, -0.05) is 23.9 Å². The van der Waals surface area contributed by atoms with E-state index in [-0.39, 0.29) is 0 Å². The average Bonchev–Trinajstić information content (AvgIpc) is 2.79. The van der Waals surface area contributed by atoms with Gasteiger partial charge in [0.1, 0.15) is 0 Å². The largest absolute Gasteiger partial charge is 0.390 e. The number of aromatic nitrogens is 3. The number of thioether (sulfide) groups is 1. The second-order valence-corrected chi connectivity index (χ2v) is 7.09. The molecular weight excluding hydrogens is 298 g/mol. The Kier molecular flexibility index (Phi) is 4.97. The molecular formula is C15H23N5OS. The summed E-state index contributed by atoms with van der Waals surface area (Å²) in [6.07, 6.45) is 0.663. The van der Waals surface area contributed by atoms with Crippen LogP contribution in [-0.2, 0) is 0 Å². The number of nitrogen functional groups attached to an aromatic ring is 1. The number of nitrogens with two attached hydrogens (primary N) is 1. The topological polar surface area (TPSA) is 80.2 Å². The van der Waals surface area contributed by atoms with E-state index in [4.69, 9.17) is 5.84 Å². The molecule has 7 heteroatoms. The van der Waals surface area contributed by atoms with Crippen molar-refractivity contribution in [3.63, 3.8) is 0 Å². The zero-order chi connectivity index (χ0) is 16.3. The lowest BCUT2D eigenvalue weighted by Crippen LogP contribution is -2.19. The zero-order valence-electron chi connectivity index (χ0n) is 13.4. The van der Waals surface area contributed by atoms with Crippen LogP contribution in [0.25, 0.3) is 11.4 Å². The van der Waals surface area contributed by atoms with E-state index in [1.54, 1.807) is 13.8 Å². The van der Waals surface area contributed by atoms with Crippen molar-refractivity contribution in [2.75, 3.05) is 30.6 Å². The van der Waals surface area contributed by atoms with Gasteiger partial charge in [-0.3, -0.25) is 0 Å². The Bertz CT molecular complexity index is 633. The van der Waals surface area contributed by atoms with E-state index in [1.165, 1.54) is 16.4 Å². The van der Waals surface area contributed by atoms with Crippen molar-refractivity contribution in [3.05, 3.63) is 24.3 Å². The number of nitrogens with zero attached hydrogens (tertiary/aromatic N) is 4. The number of aliphatic hydroxyl groups is 1. The van der Waals surface area contributed by atoms with E-state index < -0.39 is 5.60 Å². The van der Waals surface area contributed by atoms with E-state index in [0.29, 0.717) is 17.4 Å². The molecule has 0 aliphatic heterocycles. The lowest BCUT2D eigenvalue weighted by molar-refractivity contribution is 0.0777. The van der Waals surface area contributed by atoms with E-state index in [1.807, 2.05) is 43.3 Å². The predicted molar refractivity (Wildman–Crippen MR) is 91.6 cm³/mol. The van der Waals surface area contributed by atoms with Gasteiger partial charge in [0.2, 0.25) is 5.16 Å². The minimum atomic E-state index is -0.685. The summed E-state index contributed by atoms with van der Waals surface area (Å²) < 4.78 is 1.50. The van der Waals surface area contributed by atoms with Gasteiger partial charge in [0.15, 0.2) is 5.82 Å². The van der Waals surface area contributed by atoms with Crippen LogP contribution in [0.3, 0.4) is 0 Å². The molecule has 0 spiro atoms. The van der Waals surface area contributed by atoms with Crippen LogP contribution in [-0.4, -0.2) is 45.4 Å². The van der Waals surface area contributed by atoms with Crippen LogP contribution in [0.15, 0.2) is 29.4 Å². The molecule has 0 aliphatic rings. The number of hydrogen-bond acceptors (Lipinski definition) is 6. The molecule has 120 valence electrons. The average molecular weight is 321 g/mol. The predicted octanol–water partition coefficient (Wildman–Crippen LogP) is 1.98. The van der Waals surface area contributed by atoms with Crippen LogP contribution in [0.5, 0.6) is 0 Å². The molecule has 22 heavy (non-hydrogen) atoms. The van der Waals surface area contributed by atoms with Crippen molar-refractivity contribution in [2.45, 2.75) is 31.0 Å². The molecule has 2 aromatic rings. The summed E-state index contributed by atoms with van der Waals surface area (Å²) >= 11 is 1.49. The molecule has 0 aliphatic carbocycles. The third-order valence-corrected chi connectivity index (χ3v) is 4.18. The summed E-state index contributed by atoms with van der Waals surface area (Å²) in [5, 5.41) is 18.7. The highest BCUT2D eigenvalue weighted by molar-refractivity contribution is 7.99. The van der Waals surface area contributed by atoms with E-state index in [9.17, 15) is 5.11 Å². The van der Waals surface area contributed by atoms with Gasteiger partial charge < -0.3 is 15.8 Å². The van der Waals surface area contributed by atoms with Gasteiger partial charge in [-0.05, 0) is 32.4 Å². The van der Waals surface area contributed by atoms with Crippen LogP contribution >= 0.6 is 11.8 Å². The highest BCUT2D eigenvalue weighted by Crippen LogP contribution is 2.25. The van der Waals surface area contributed by atoms with Gasteiger partial charge in [0.25, 0.3) is 0 Å². The molecule has 2 rings (SSSR count). The second-order valence-electron chi connectivity index (χ2n) is 6.03. The monoisotopic (exact) mass is 321 g/mol. The Hall–Kier alpha value is -1.73. The fourth-order valence-electron chi connectivity index (χ4n) is 1.89. The molecule has 0 fully saturated rings. The summed E-state index contributed by atoms with van der Waals surface area (Å²) in [7, 11) is 3.98. The summed E-state index contributed by atoms with van der Waals surface area (Å²) in [5.41, 5.74) is 1.32. The summed E-state index contributed by atoms with van der Waals surface area (Å²) in [5.74, 6) is 7.47. The Morgan fingerprint density at radius 1 is 1.32 bits per heavy atom. The van der Waals surface area contributed by atoms with Crippen molar-refractivity contribution in [3.8, 4) is 11.4 Å². The molecule has 0 saturated carbocycles. The molecule has 0 radical (unpaired) electrons. The van der Waals surface area contributed by atoms with Crippen LogP contribution in [0.1, 0.15) is 20.3 Å². The quantitative estimate of drug-likeness (QED) is 0.625. The minimum absolute atomic E-state index is 0.634. The standard InChI is InChI=1S/C15H23N5OS/c1-15(2,21)8-9-22-14-18-17-13(20(14)16)11-6-5-7-12(10-11)19(3)4/h5-7,10,21H,8-9,16H2,1-4H3. The van der Waals surface area contributed by atoms with Gasteiger partial charge in [0, 0.05) is 31.1 Å². The number of benzene rings is 1. The third-order valence-electron chi connectivity index (χ3n) is 3.23. The van der Waals surface area contributed by atoms with Crippen molar-refractivity contribution in [1.29, 1.82) is 0 Å². The summed E-state index contributed by atoms with van der Waals surface area (Å²) in [6, 6.07) is 7.99. The fourth-order valence-corrected chi connectivity index (χ4v) is 3.00. The first-order chi connectivity index (χ1) is 10.3. The first-order valence-corrected chi connectivity index (χ1v) is 8.10. The molecule has 3 N–H and O–H groups in total. The number of rotatable bonds is 6. The lowest BCUT2D eigenvalue weighted by Gasteiger charge is -2.15. The van der Waals surface area contributed by atoms with E-state index >= 15 is 0 Å². The SMILES string of the molecule is CN(C)c1cccc(-c2nnc(SCCC(C)(C)O)n2N)c1. The molecule has 1 aromatic heterocycles. The van der Waals surface area contributed by atoms with Crippen LogP contribution in [0, 0.1) is 0 Å². The number of hydrogen-bond donors (Lipinski definition) is 2. The maximum atomic E-state index is 9.74. The highest BCUT2D eigenvalue weighted by Gasteiger charge is 2.16. The second kappa shape index (κ2) is 6.58. The van der Waals surface area contributed by atoms with Gasteiger partial charge in [-0.15, -0.1) is 10.2 Å². The van der Waals surface area contributed by atoms with Crippen molar-refractivity contribution in [2.24, 2.45) is 0 Å². The molecule has 1 aromatic carbocycles. The van der Waals surface area contributed by atoms with Crippen molar-refractivity contribution >= 4 is 17.4 Å². The van der Waals surface area contributed by atoms with Crippen LogP contribution in [0.4, 0.5) is 5.69 Å². The minimum Gasteiger partial charge on any atom is -0.390 e. The van der Waals surface area contributed by atoms with Crippen LogP contribution < -0.4 is 10.7 Å². The third kappa shape index (κ3) is 4.14. The zero-order valence-corrected chi connectivity index (χ0v) is 14.3. The summed E-state index contributed by atoms with van der Waals surface area (Å²) in [6.45, 7) is 3.58. The maximum absolute atomic E-state index is 9.74. The number of anilines is 1. The highest BCUT2D eigenvalue weighted by atomic mass is 32.2. The molecule has 6 nitrogen and oxygen atoms in total. The smallest absolute Gasteiger partial charge is 0.210 e. The van der Waals surface area contributed by atoms with E-state index in [2.05, 4.69) is 10.2 Å². The normalized spacial score (nSPS) is 11.7. The van der Waals surface area contributed by atoms with Gasteiger partial charge in [0.05, 0.1) is 5.60 Å². The Balaban J connectivity index is 2.15. The Labute approximate surface area is 135 Å². The first-order valence-electron chi connectivity index (χ1n) is 7.11. The molecule has 1 heterocycles. The van der Waals surface area contributed by atoms with Crippen LogP contribution in [0.2, 0.25) is 0 Å². The molecule has 0 atom stereocenters. The summed E-state index contributed by atoms with van der Waals surface area (Å²) in [4.78, 5) is 2.03. The van der Waals surface area contributed by atoms with Gasteiger partial charge in [-0.25, -0.2) is 4.68 Å². The maximum Gasteiger partial charge on any atom is 0.210 e. The van der Waals surface area contributed by atoms with Gasteiger partial charge in [-0.2, -0.15) is 0 Å². The lowest BCUT2D eigenvalue weighted by atomic mass is 10.1. The fraction of sp³-hybridized carbons (Fsp3) is 0.467. The molecule has 0 saturated heterocycles. The molecule has 0 amide bonds. The molecule has 0 unspecified atom stereocenters. The Morgan fingerprint density at radius 3 is 2.68 bits per heavy atom.